The zero-order chi connectivity index (χ0) is 17.5. The van der Waals surface area contributed by atoms with Gasteiger partial charge in [0.05, 0.1) is 19.3 Å². The standard InChI is InChI=1S/C23H36O2/c1-2-3-18-4-6-19(7-5-18)8-9-21-12-15-23(25-17-21)22-13-10-20(16-24)11-14-22/h10-11,13-14,18-19,21,23-24H,2-9,12,15-17H2,1H3. The zero-order valence-corrected chi connectivity index (χ0v) is 16.0. The number of rotatable bonds is 7. The Kier molecular flexibility index (Phi) is 7.36. The predicted molar refractivity (Wildman–Crippen MR) is 103 cm³/mol. The fourth-order valence-corrected chi connectivity index (χ4v) is 4.82. The summed E-state index contributed by atoms with van der Waals surface area (Å²) in [6, 6.07) is 8.26. The number of hydrogen-bond donors (Lipinski definition) is 1. The van der Waals surface area contributed by atoms with Crippen LogP contribution in [0.2, 0.25) is 0 Å². The van der Waals surface area contributed by atoms with Crippen molar-refractivity contribution in [3.63, 3.8) is 0 Å². The molecule has 2 unspecified atom stereocenters. The van der Waals surface area contributed by atoms with Crippen molar-refractivity contribution in [1.29, 1.82) is 0 Å². The van der Waals surface area contributed by atoms with Crippen LogP contribution in [-0.4, -0.2) is 11.7 Å². The lowest BCUT2D eigenvalue weighted by Crippen LogP contribution is -2.22. The molecule has 1 N–H and O–H groups in total. The topological polar surface area (TPSA) is 29.5 Å². The van der Waals surface area contributed by atoms with Crippen LogP contribution >= 0.6 is 0 Å². The van der Waals surface area contributed by atoms with Crippen LogP contribution in [0.25, 0.3) is 0 Å². The second kappa shape index (κ2) is 9.73. The van der Waals surface area contributed by atoms with E-state index in [1.807, 2.05) is 12.1 Å². The largest absolute Gasteiger partial charge is 0.392 e. The van der Waals surface area contributed by atoms with Crippen molar-refractivity contribution in [2.24, 2.45) is 17.8 Å². The molecule has 140 valence electrons. The Labute approximate surface area is 154 Å². The average Bonchev–Trinajstić information content (AvgIpc) is 2.68. The number of benzene rings is 1. The fourth-order valence-electron chi connectivity index (χ4n) is 4.82. The van der Waals surface area contributed by atoms with Crippen LogP contribution in [0.1, 0.15) is 88.4 Å². The average molecular weight is 345 g/mol. The van der Waals surface area contributed by atoms with Gasteiger partial charge in [-0.2, -0.15) is 0 Å². The molecule has 1 aromatic carbocycles. The minimum Gasteiger partial charge on any atom is -0.392 e. The quantitative estimate of drug-likeness (QED) is 0.654. The summed E-state index contributed by atoms with van der Waals surface area (Å²) in [6.45, 7) is 3.37. The van der Waals surface area contributed by atoms with Crippen LogP contribution in [-0.2, 0) is 11.3 Å². The van der Waals surface area contributed by atoms with E-state index in [1.165, 1.54) is 63.4 Å². The Hall–Kier alpha value is -0.860. The molecule has 1 saturated heterocycles. The van der Waals surface area contributed by atoms with Crippen LogP contribution in [0.15, 0.2) is 24.3 Å². The molecular weight excluding hydrogens is 308 g/mol. The molecule has 0 radical (unpaired) electrons. The molecule has 0 amide bonds. The van der Waals surface area contributed by atoms with E-state index in [-0.39, 0.29) is 12.7 Å². The van der Waals surface area contributed by atoms with Gasteiger partial charge in [-0.3, -0.25) is 0 Å². The lowest BCUT2D eigenvalue weighted by Gasteiger charge is -2.32. The van der Waals surface area contributed by atoms with Gasteiger partial charge >= 0.3 is 0 Å². The maximum Gasteiger partial charge on any atom is 0.0825 e. The van der Waals surface area contributed by atoms with Crippen molar-refractivity contribution in [2.45, 2.75) is 83.8 Å². The Balaban J connectivity index is 1.35. The van der Waals surface area contributed by atoms with E-state index in [1.54, 1.807) is 0 Å². The summed E-state index contributed by atoms with van der Waals surface area (Å²) in [5.41, 5.74) is 2.25. The van der Waals surface area contributed by atoms with Gasteiger partial charge < -0.3 is 9.84 Å². The molecule has 1 aliphatic heterocycles. The summed E-state index contributed by atoms with van der Waals surface area (Å²) in [5, 5.41) is 9.15. The van der Waals surface area contributed by atoms with Crippen molar-refractivity contribution in [2.75, 3.05) is 6.61 Å². The van der Waals surface area contributed by atoms with E-state index >= 15 is 0 Å². The van der Waals surface area contributed by atoms with Gasteiger partial charge in [0, 0.05) is 0 Å². The van der Waals surface area contributed by atoms with Crippen molar-refractivity contribution < 1.29 is 9.84 Å². The van der Waals surface area contributed by atoms with Gasteiger partial charge in [-0.05, 0) is 48.1 Å². The summed E-state index contributed by atoms with van der Waals surface area (Å²) in [6.07, 6.45) is 14.2. The van der Waals surface area contributed by atoms with Gasteiger partial charge in [-0.1, -0.05) is 76.1 Å². The highest BCUT2D eigenvalue weighted by molar-refractivity contribution is 5.24. The molecule has 1 saturated carbocycles. The third-order valence-corrected chi connectivity index (χ3v) is 6.55. The monoisotopic (exact) mass is 344 g/mol. The molecule has 25 heavy (non-hydrogen) atoms. The van der Waals surface area contributed by atoms with Gasteiger partial charge in [0.1, 0.15) is 0 Å². The Morgan fingerprint density at radius 3 is 2.00 bits per heavy atom. The third-order valence-electron chi connectivity index (χ3n) is 6.55. The molecule has 2 fully saturated rings. The van der Waals surface area contributed by atoms with Crippen LogP contribution < -0.4 is 0 Å². The van der Waals surface area contributed by atoms with E-state index in [4.69, 9.17) is 9.84 Å². The van der Waals surface area contributed by atoms with Crippen molar-refractivity contribution >= 4 is 0 Å². The highest BCUT2D eigenvalue weighted by Crippen LogP contribution is 2.37. The van der Waals surface area contributed by atoms with Gasteiger partial charge in [-0.15, -0.1) is 0 Å². The first-order chi connectivity index (χ1) is 12.3. The number of hydrogen-bond acceptors (Lipinski definition) is 2. The Morgan fingerprint density at radius 2 is 1.44 bits per heavy atom. The summed E-state index contributed by atoms with van der Waals surface area (Å²) in [4.78, 5) is 0. The number of aliphatic hydroxyl groups excluding tert-OH is 1. The highest BCUT2D eigenvalue weighted by atomic mass is 16.5. The smallest absolute Gasteiger partial charge is 0.0825 e. The second-order valence-corrected chi connectivity index (χ2v) is 8.42. The normalized spacial score (nSPS) is 30.3. The van der Waals surface area contributed by atoms with E-state index in [0.717, 1.165) is 36.3 Å². The first-order valence-corrected chi connectivity index (χ1v) is 10.6. The molecule has 1 aromatic rings. The van der Waals surface area contributed by atoms with E-state index in [9.17, 15) is 0 Å². The minimum atomic E-state index is 0.119. The Bertz CT molecular complexity index is 479. The molecule has 1 aliphatic carbocycles. The number of aliphatic hydroxyl groups is 1. The Morgan fingerprint density at radius 1 is 0.840 bits per heavy atom. The summed E-state index contributed by atoms with van der Waals surface area (Å²) in [7, 11) is 0. The van der Waals surface area contributed by atoms with Crippen LogP contribution in [0.4, 0.5) is 0 Å². The summed E-state index contributed by atoms with van der Waals surface area (Å²) in [5.74, 6) is 2.77. The molecule has 2 nitrogen and oxygen atoms in total. The van der Waals surface area contributed by atoms with Gasteiger partial charge in [0.15, 0.2) is 0 Å². The van der Waals surface area contributed by atoms with Crippen LogP contribution in [0, 0.1) is 17.8 Å². The van der Waals surface area contributed by atoms with E-state index in [2.05, 4.69) is 19.1 Å². The number of ether oxygens (including phenoxy) is 1. The zero-order valence-electron chi connectivity index (χ0n) is 16.0. The SMILES string of the molecule is CCCC1CCC(CCC2CCC(c3ccc(CO)cc3)OC2)CC1. The maximum absolute atomic E-state index is 9.15. The highest BCUT2D eigenvalue weighted by Gasteiger charge is 2.25. The molecule has 0 aromatic heterocycles. The molecule has 2 aliphatic rings. The van der Waals surface area contributed by atoms with Crippen LogP contribution in [0.5, 0.6) is 0 Å². The van der Waals surface area contributed by atoms with Crippen molar-refractivity contribution in [1.82, 2.24) is 0 Å². The minimum absolute atomic E-state index is 0.119. The summed E-state index contributed by atoms with van der Waals surface area (Å²) < 4.78 is 6.18. The first kappa shape index (κ1) is 18.9. The lowest BCUT2D eigenvalue weighted by molar-refractivity contribution is -0.0212. The van der Waals surface area contributed by atoms with E-state index in [0.29, 0.717) is 0 Å². The van der Waals surface area contributed by atoms with Crippen LogP contribution in [0.3, 0.4) is 0 Å². The fraction of sp³-hybridized carbons (Fsp3) is 0.739. The van der Waals surface area contributed by atoms with Gasteiger partial charge in [-0.25, -0.2) is 0 Å². The summed E-state index contributed by atoms with van der Waals surface area (Å²) >= 11 is 0. The molecule has 2 atom stereocenters. The van der Waals surface area contributed by atoms with E-state index < -0.39 is 0 Å². The molecule has 1 heterocycles. The molecular formula is C23H36O2. The van der Waals surface area contributed by atoms with Crippen molar-refractivity contribution in [3.05, 3.63) is 35.4 Å². The van der Waals surface area contributed by atoms with Gasteiger partial charge in [0.2, 0.25) is 0 Å². The first-order valence-electron chi connectivity index (χ1n) is 10.6. The van der Waals surface area contributed by atoms with Gasteiger partial charge in [0.25, 0.3) is 0 Å². The molecule has 0 spiro atoms. The molecule has 0 bridgehead atoms. The molecule has 3 rings (SSSR count). The van der Waals surface area contributed by atoms with Crippen molar-refractivity contribution in [3.8, 4) is 0 Å². The predicted octanol–water partition coefficient (Wildman–Crippen LogP) is 6.03. The molecule has 2 heteroatoms. The second-order valence-electron chi connectivity index (χ2n) is 8.42. The lowest BCUT2D eigenvalue weighted by atomic mass is 9.77. The maximum atomic E-state index is 9.15. The third kappa shape index (κ3) is 5.56.